The van der Waals surface area contributed by atoms with Crippen LogP contribution in [0.15, 0.2) is 18.2 Å². The molecule has 0 saturated carbocycles. The van der Waals surface area contributed by atoms with Gasteiger partial charge in [-0.05, 0) is 59.2 Å². The van der Waals surface area contributed by atoms with Crippen LogP contribution in [0.2, 0.25) is 5.02 Å². The highest BCUT2D eigenvalue weighted by molar-refractivity contribution is 14.1. The first-order chi connectivity index (χ1) is 8.95. The Bertz CT molecular complexity index is 484. The number of aliphatic carboxylic acids is 1. The van der Waals surface area contributed by atoms with Gasteiger partial charge in [-0.3, -0.25) is 4.79 Å². The van der Waals surface area contributed by atoms with Gasteiger partial charge in [-0.2, -0.15) is 11.8 Å². The summed E-state index contributed by atoms with van der Waals surface area (Å²) in [5.41, 5.74) is 0.362. The van der Waals surface area contributed by atoms with E-state index in [0.29, 0.717) is 22.8 Å². The van der Waals surface area contributed by atoms with Gasteiger partial charge in [-0.1, -0.05) is 11.6 Å². The summed E-state index contributed by atoms with van der Waals surface area (Å²) in [7, 11) is 0. The van der Waals surface area contributed by atoms with Crippen LogP contribution in [0.3, 0.4) is 0 Å². The minimum atomic E-state index is -1.03. The van der Waals surface area contributed by atoms with Crippen molar-refractivity contribution in [2.75, 3.05) is 12.0 Å². The monoisotopic (exact) mass is 413 g/mol. The zero-order valence-electron chi connectivity index (χ0n) is 10.2. The summed E-state index contributed by atoms with van der Waals surface area (Å²) in [6.45, 7) is 0. The number of rotatable bonds is 6. The third kappa shape index (κ3) is 5.19. The van der Waals surface area contributed by atoms with E-state index in [1.807, 2.05) is 6.26 Å². The van der Waals surface area contributed by atoms with E-state index in [9.17, 15) is 9.59 Å². The molecule has 0 aromatic heterocycles. The van der Waals surface area contributed by atoms with Crippen LogP contribution in [0.4, 0.5) is 0 Å². The highest BCUT2D eigenvalue weighted by atomic mass is 127. The molecule has 0 aliphatic rings. The Morgan fingerprint density at radius 2 is 2.21 bits per heavy atom. The molecular weight excluding hydrogens is 401 g/mol. The van der Waals surface area contributed by atoms with Gasteiger partial charge in [-0.25, -0.2) is 4.79 Å². The maximum absolute atomic E-state index is 11.9. The number of carbonyl (C=O) groups is 2. The molecule has 0 heterocycles. The van der Waals surface area contributed by atoms with Gasteiger partial charge >= 0.3 is 5.97 Å². The van der Waals surface area contributed by atoms with E-state index in [1.54, 1.807) is 12.1 Å². The number of carboxylic acids is 1. The Morgan fingerprint density at radius 1 is 1.53 bits per heavy atom. The SMILES string of the molecule is CSCC[C@H](NC(=O)c1ccc(I)c(Cl)c1)C(=O)O. The lowest BCUT2D eigenvalue weighted by Gasteiger charge is -2.14. The Labute approximate surface area is 134 Å². The molecule has 0 unspecified atom stereocenters. The second-order valence-electron chi connectivity index (χ2n) is 3.77. The molecule has 1 rings (SSSR count). The highest BCUT2D eigenvalue weighted by Gasteiger charge is 2.20. The van der Waals surface area contributed by atoms with Crippen molar-refractivity contribution in [1.29, 1.82) is 0 Å². The summed E-state index contributed by atoms with van der Waals surface area (Å²) in [5, 5.41) is 12.0. The number of hydrogen-bond acceptors (Lipinski definition) is 3. The number of benzene rings is 1. The van der Waals surface area contributed by atoms with Crippen LogP contribution >= 0.6 is 46.0 Å². The van der Waals surface area contributed by atoms with Crippen molar-refractivity contribution < 1.29 is 14.7 Å². The summed E-state index contributed by atoms with van der Waals surface area (Å²) < 4.78 is 0.841. The van der Waals surface area contributed by atoms with E-state index in [4.69, 9.17) is 16.7 Å². The molecule has 0 aliphatic heterocycles. The smallest absolute Gasteiger partial charge is 0.326 e. The first-order valence-electron chi connectivity index (χ1n) is 5.43. The van der Waals surface area contributed by atoms with Crippen LogP contribution in [-0.2, 0) is 4.79 Å². The predicted octanol–water partition coefficient (Wildman–Crippen LogP) is 2.88. The first-order valence-corrected chi connectivity index (χ1v) is 8.28. The van der Waals surface area contributed by atoms with E-state index in [0.717, 1.165) is 3.57 Å². The summed E-state index contributed by atoms with van der Waals surface area (Å²) in [5.74, 6) is -0.782. The minimum Gasteiger partial charge on any atom is -0.480 e. The molecule has 19 heavy (non-hydrogen) atoms. The molecule has 104 valence electrons. The third-order valence-corrected chi connectivity index (χ3v) is 4.61. The van der Waals surface area contributed by atoms with Gasteiger partial charge in [0.1, 0.15) is 6.04 Å². The van der Waals surface area contributed by atoms with Crippen molar-refractivity contribution in [3.8, 4) is 0 Å². The van der Waals surface area contributed by atoms with E-state index in [-0.39, 0.29) is 0 Å². The van der Waals surface area contributed by atoms with Crippen molar-refractivity contribution in [2.24, 2.45) is 0 Å². The van der Waals surface area contributed by atoms with Crippen LogP contribution in [-0.4, -0.2) is 35.0 Å². The lowest BCUT2D eigenvalue weighted by Crippen LogP contribution is -2.41. The van der Waals surface area contributed by atoms with Crippen molar-refractivity contribution in [3.63, 3.8) is 0 Å². The average molecular weight is 414 g/mol. The Balaban J connectivity index is 2.75. The second kappa shape index (κ2) is 7.96. The fraction of sp³-hybridized carbons (Fsp3) is 0.333. The lowest BCUT2D eigenvalue weighted by atomic mass is 10.1. The minimum absolute atomic E-state index is 0.362. The maximum Gasteiger partial charge on any atom is 0.326 e. The standard InChI is InChI=1S/C12H13ClINO3S/c1-19-5-4-10(12(17)18)15-11(16)7-2-3-9(14)8(13)6-7/h2-3,6,10H,4-5H2,1H3,(H,15,16)(H,17,18)/t10-/m0/s1. The summed E-state index contributed by atoms with van der Waals surface area (Å²) in [6.07, 6.45) is 2.28. The lowest BCUT2D eigenvalue weighted by molar-refractivity contribution is -0.139. The molecule has 0 radical (unpaired) electrons. The Kier molecular flexibility index (Phi) is 6.95. The number of halogens is 2. The van der Waals surface area contributed by atoms with Gasteiger partial charge in [-0.15, -0.1) is 0 Å². The van der Waals surface area contributed by atoms with Crippen LogP contribution < -0.4 is 5.32 Å². The van der Waals surface area contributed by atoms with Crippen LogP contribution in [0.25, 0.3) is 0 Å². The molecule has 2 N–H and O–H groups in total. The first kappa shape index (κ1) is 16.6. The molecule has 0 aliphatic carbocycles. The predicted molar refractivity (Wildman–Crippen MR) is 86.1 cm³/mol. The Morgan fingerprint density at radius 3 is 2.74 bits per heavy atom. The summed E-state index contributed by atoms with van der Waals surface area (Å²) >= 11 is 9.53. The second-order valence-corrected chi connectivity index (χ2v) is 6.33. The van der Waals surface area contributed by atoms with Crippen molar-refractivity contribution in [3.05, 3.63) is 32.4 Å². The average Bonchev–Trinajstić information content (AvgIpc) is 2.37. The Hall–Kier alpha value is -0.470. The van der Waals surface area contributed by atoms with Crippen molar-refractivity contribution in [2.45, 2.75) is 12.5 Å². The van der Waals surface area contributed by atoms with Gasteiger partial charge in [0.2, 0.25) is 0 Å². The number of amides is 1. The van der Waals surface area contributed by atoms with Crippen LogP contribution in [0.1, 0.15) is 16.8 Å². The molecule has 0 spiro atoms. The number of carboxylic acid groups (broad SMARTS) is 1. The molecule has 1 atom stereocenters. The zero-order chi connectivity index (χ0) is 14.4. The molecule has 4 nitrogen and oxygen atoms in total. The van der Waals surface area contributed by atoms with Gasteiger partial charge in [0.15, 0.2) is 0 Å². The van der Waals surface area contributed by atoms with Crippen molar-refractivity contribution >= 4 is 57.8 Å². The number of nitrogens with one attached hydrogen (secondary N) is 1. The molecule has 0 saturated heterocycles. The quantitative estimate of drug-likeness (QED) is 0.704. The largest absolute Gasteiger partial charge is 0.480 e. The van der Waals surface area contributed by atoms with Crippen LogP contribution in [0.5, 0.6) is 0 Å². The summed E-state index contributed by atoms with van der Waals surface area (Å²) in [4.78, 5) is 23.0. The van der Waals surface area contributed by atoms with Gasteiger partial charge in [0.25, 0.3) is 5.91 Å². The number of thioether (sulfide) groups is 1. The molecule has 0 fully saturated rings. The van der Waals surface area contributed by atoms with Gasteiger partial charge in [0, 0.05) is 9.13 Å². The zero-order valence-corrected chi connectivity index (χ0v) is 13.9. The maximum atomic E-state index is 11.9. The normalized spacial score (nSPS) is 11.9. The highest BCUT2D eigenvalue weighted by Crippen LogP contribution is 2.19. The molecular formula is C12H13ClINO3S. The molecule has 1 aromatic rings. The van der Waals surface area contributed by atoms with Crippen molar-refractivity contribution in [1.82, 2.24) is 5.32 Å². The van der Waals surface area contributed by atoms with E-state index < -0.39 is 17.9 Å². The third-order valence-electron chi connectivity index (χ3n) is 2.40. The molecule has 0 bridgehead atoms. The van der Waals surface area contributed by atoms with Gasteiger partial charge < -0.3 is 10.4 Å². The molecule has 1 amide bonds. The van der Waals surface area contributed by atoms with Crippen LogP contribution in [0, 0.1) is 3.57 Å². The van der Waals surface area contributed by atoms with E-state index in [2.05, 4.69) is 27.9 Å². The summed E-state index contributed by atoms with van der Waals surface area (Å²) in [6, 6.07) is 4.00. The topological polar surface area (TPSA) is 66.4 Å². The fourth-order valence-electron chi connectivity index (χ4n) is 1.37. The van der Waals surface area contributed by atoms with E-state index >= 15 is 0 Å². The number of hydrogen-bond donors (Lipinski definition) is 2. The molecule has 7 heteroatoms. The molecule has 1 aromatic carbocycles. The fourth-order valence-corrected chi connectivity index (χ4v) is 2.36. The van der Waals surface area contributed by atoms with Gasteiger partial charge in [0.05, 0.1) is 5.02 Å². The van der Waals surface area contributed by atoms with E-state index in [1.165, 1.54) is 17.8 Å². The number of carbonyl (C=O) groups excluding carboxylic acids is 1.